The number of aliphatic hydroxyl groups excluding tert-OH is 1. The smallest absolute Gasteiger partial charge is 0.426 e. The van der Waals surface area contributed by atoms with Crippen LogP contribution in [0.3, 0.4) is 0 Å². The lowest BCUT2D eigenvalue weighted by Gasteiger charge is -2.33. The Morgan fingerprint density at radius 1 is 1.04 bits per heavy atom. The number of anilines is 1. The molecule has 4 bridgehead atoms. The van der Waals surface area contributed by atoms with Gasteiger partial charge in [-0.25, -0.2) is 9.78 Å². The van der Waals surface area contributed by atoms with E-state index in [4.69, 9.17) is 13.9 Å². The van der Waals surface area contributed by atoms with Gasteiger partial charge in [0.15, 0.2) is 11.5 Å². The van der Waals surface area contributed by atoms with Crippen molar-refractivity contribution in [2.24, 2.45) is 0 Å². The van der Waals surface area contributed by atoms with Gasteiger partial charge in [0, 0.05) is 6.42 Å². The third-order valence-electron chi connectivity index (χ3n) is 6.76. The van der Waals surface area contributed by atoms with Crippen molar-refractivity contribution < 1.29 is 54.9 Å². The Kier molecular flexibility index (Phi) is 11.8. The molecule has 0 saturated carbocycles. The highest BCUT2D eigenvalue weighted by molar-refractivity contribution is 5.98. The van der Waals surface area contributed by atoms with Crippen LogP contribution in [0.4, 0.5) is 36.8 Å². The van der Waals surface area contributed by atoms with Crippen molar-refractivity contribution in [3.05, 3.63) is 59.1 Å². The van der Waals surface area contributed by atoms with Crippen molar-refractivity contribution in [3.63, 3.8) is 0 Å². The maximum absolute atomic E-state index is 14.9. The van der Waals surface area contributed by atoms with Gasteiger partial charge in [-0.05, 0) is 58.1 Å². The molecule has 3 aromatic rings. The molecule has 1 aromatic carbocycles. The summed E-state index contributed by atoms with van der Waals surface area (Å²) < 4.78 is 103. The highest BCUT2D eigenvalue weighted by Crippen LogP contribution is 2.47. The number of benzene rings is 1. The lowest BCUT2D eigenvalue weighted by Crippen LogP contribution is -2.45. The molecule has 1 aliphatic heterocycles. The molecule has 3 heterocycles. The van der Waals surface area contributed by atoms with Crippen LogP contribution in [0.15, 0.2) is 40.8 Å². The first-order chi connectivity index (χ1) is 21.9. The molecular formula is C31H36F6N4O6. The number of aliphatic hydroxyl groups is 1. The number of alkyl halides is 6. The fourth-order valence-corrected chi connectivity index (χ4v) is 4.61. The molecule has 10 nitrogen and oxygen atoms in total. The molecule has 1 aliphatic rings. The summed E-state index contributed by atoms with van der Waals surface area (Å²) >= 11 is 0. The molecule has 0 fully saturated rings. The van der Waals surface area contributed by atoms with Crippen LogP contribution in [-0.2, 0) is 27.9 Å². The van der Waals surface area contributed by atoms with E-state index in [0.717, 1.165) is 0 Å². The largest absolute Gasteiger partial charge is 0.444 e. The number of fused-ring (bicyclic) bond motifs is 5. The highest BCUT2D eigenvalue weighted by Gasteiger charge is 2.61. The molecule has 2 atom stereocenters. The van der Waals surface area contributed by atoms with Gasteiger partial charge in [-0.1, -0.05) is 44.2 Å². The molecule has 0 radical (unpaired) electrons. The van der Waals surface area contributed by atoms with E-state index in [9.17, 15) is 41.0 Å². The number of hydrogen-bond donors (Lipinski definition) is 2. The number of Topliss-reactive ketones (excluding diaryl/α,β-unsaturated/α-hetero) is 1. The Morgan fingerprint density at radius 3 is 2.30 bits per heavy atom. The number of hydrogen-bond acceptors (Lipinski definition) is 9. The molecule has 0 saturated heterocycles. The second-order valence-electron chi connectivity index (χ2n) is 11.4. The van der Waals surface area contributed by atoms with E-state index in [1.54, 1.807) is 18.2 Å². The van der Waals surface area contributed by atoms with E-state index in [2.05, 4.69) is 20.5 Å². The second kappa shape index (κ2) is 14.8. The van der Waals surface area contributed by atoms with E-state index in [1.165, 1.54) is 32.9 Å². The summed E-state index contributed by atoms with van der Waals surface area (Å²) in [5.74, 6) is -3.03. The normalized spacial score (nSPS) is 19.2. The van der Waals surface area contributed by atoms with Crippen LogP contribution in [0.2, 0.25) is 0 Å². The topological polar surface area (TPSA) is 137 Å². The molecule has 16 heteroatoms. The first-order valence-corrected chi connectivity index (χ1v) is 14.8. The minimum absolute atomic E-state index is 0.246. The lowest BCUT2D eigenvalue weighted by molar-refractivity contribution is -0.300. The highest BCUT2D eigenvalue weighted by atomic mass is 19.4. The first kappa shape index (κ1) is 37.4. The molecule has 258 valence electrons. The van der Waals surface area contributed by atoms with Gasteiger partial charge in [-0.2, -0.15) is 26.3 Å². The van der Waals surface area contributed by atoms with Crippen LogP contribution in [0.5, 0.6) is 0 Å². The number of carbonyl (C=O) groups is 2. The summed E-state index contributed by atoms with van der Waals surface area (Å²) in [5.41, 5.74) is -8.00. The van der Waals surface area contributed by atoms with Gasteiger partial charge < -0.3 is 19.0 Å². The molecule has 4 rings (SSSR count). The average Bonchev–Trinajstić information content (AvgIpc) is 3.47. The summed E-state index contributed by atoms with van der Waals surface area (Å²) in [4.78, 5) is 29.3. The monoisotopic (exact) mass is 674 g/mol. The number of nitrogens with zero attached hydrogens (tertiary/aromatic N) is 3. The molecule has 2 aromatic heterocycles. The third kappa shape index (κ3) is 9.28. The van der Waals surface area contributed by atoms with Gasteiger partial charge in [0.2, 0.25) is 5.60 Å². The number of halogens is 6. The van der Waals surface area contributed by atoms with Crippen molar-refractivity contribution in [1.29, 1.82) is 0 Å². The SMILES string of the molecule is CC.CC(C)(C)OC(=O)Nc1cc(C(F)(F)F)c2nc1-c1nnc(o1)C(OCc1ccccc1)(C(F)(F)F)CCCC(O)CCC2=O. The van der Waals surface area contributed by atoms with Crippen molar-refractivity contribution in [2.75, 3.05) is 5.32 Å². The Labute approximate surface area is 266 Å². The quantitative estimate of drug-likeness (QED) is 0.264. The molecule has 2 unspecified atom stereocenters. The van der Waals surface area contributed by atoms with Crippen molar-refractivity contribution in [2.45, 2.75) is 103 Å². The van der Waals surface area contributed by atoms with E-state index >= 15 is 0 Å². The van der Waals surface area contributed by atoms with Gasteiger partial charge in [0.05, 0.1) is 24.0 Å². The number of carbonyl (C=O) groups excluding carboxylic acids is 2. The number of pyridine rings is 1. The van der Waals surface area contributed by atoms with Gasteiger partial charge in [-0.3, -0.25) is 10.1 Å². The van der Waals surface area contributed by atoms with E-state index in [0.29, 0.717) is 11.6 Å². The Balaban J connectivity index is 0.00000294. The Bertz CT molecular complexity index is 1520. The molecular weight excluding hydrogens is 638 g/mol. The zero-order valence-corrected chi connectivity index (χ0v) is 26.4. The van der Waals surface area contributed by atoms with Crippen LogP contribution in [0, 0.1) is 0 Å². The predicted molar refractivity (Wildman–Crippen MR) is 156 cm³/mol. The third-order valence-corrected chi connectivity index (χ3v) is 6.76. The fraction of sp³-hybridized carbons (Fsp3) is 0.516. The second-order valence-corrected chi connectivity index (χ2v) is 11.4. The zero-order valence-electron chi connectivity index (χ0n) is 26.4. The zero-order chi connectivity index (χ0) is 35.2. The van der Waals surface area contributed by atoms with Crippen LogP contribution >= 0.6 is 0 Å². The fourth-order valence-electron chi connectivity index (χ4n) is 4.61. The molecule has 47 heavy (non-hydrogen) atoms. The number of nitrogens with one attached hydrogen (secondary N) is 1. The van der Waals surface area contributed by atoms with E-state index in [1.807, 2.05) is 13.8 Å². The summed E-state index contributed by atoms with van der Waals surface area (Å²) in [6.45, 7) is 7.93. The molecule has 0 spiro atoms. The lowest BCUT2D eigenvalue weighted by atomic mass is 9.93. The predicted octanol–water partition coefficient (Wildman–Crippen LogP) is 8.01. The summed E-state index contributed by atoms with van der Waals surface area (Å²) in [6.07, 6.45) is -15.2. The van der Waals surface area contributed by atoms with Crippen LogP contribution < -0.4 is 5.32 Å². The van der Waals surface area contributed by atoms with Crippen molar-refractivity contribution in [1.82, 2.24) is 15.2 Å². The maximum Gasteiger partial charge on any atom is 0.426 e. The van der Waals surface area contributed by atoms with Gasteiger partial charge >= 0.3 is 18.4 Å². The standard InChI is InChI=1S/C29H30F6N4O6.C2H6/c1-26(2,3)45-25(42)36-19-14-18(28(30,31)32)21-20(41)12-11-17(40)10-7-13-27(29(33,34)35,43-15-16-8-5-4-6-9-16)24-39-38-23(44-24)22(19)37-21;1-2/h4-6,8-9,14,17,40H,7,10-13,15H2,1-3H3,(H,36,42);1-2H3. The van der Waals surface area contributed by atoms with Crippen molar-refractivity contribution >= 4 is 17.6 Å². The van der Waals surface area contributed by atoms with E-state index < -0.39 is 95.4 Å². The number of aromatic nitrogens is 3. The molecule has 2 N–H and O–H groups in total. The van der Waals surface area contributed by atoms with E-state index in [-0.39, 0.29) is 19.3 Å². The van der Waals surface area contributed by atoms with Gasteiger partial charge in [0.25, 0.3) is 11.8 Å². The van der Waals surface area contributed by atoms with Crippen molar-refractivity contribution in [3.8, 4) is 11.6 Å². The Morgan fingerprint density at radius 2 is 1.70 bits per heavy atom. The molecule has 1 amide bonds. The minimum atomic E-state index is -5.15. The van der Waals surface area contributed by atoms with Gasteiger partial charge in [0.1, 0.15) is 11.3 Å². The van der Waals surface area contributed by atoms with Crippen LogP contribution in [-0.4, -0.2) is 50.0 Å². The Hall–Kier alpha value is -4.05. The summed E-state index contributed by atoms with van der Waals surface area (Å²) in [5, 5.41) is 19.7. The first-order valence-electron chi connectivity index (χ1n) is 14.8. The number of ketones is 1. The summed E-state index contributed by atoms with van der Waals surface area (Å²) in [7, 11) is 0. The number of rotatable bonds is 4. The average molecular weight is 675 g/mol. The number of ether oxygens (including phenoxy) is 2. The molecule has 0 aliphatic carbocycles. The number of amides is 1. The van der Waals surface area contributed by atoms with Crippen LogP contribution in [0.1, 0.15) is 94.2 Å². The van der Waals surface area contributed by atoms with Crippen LogP contribution in [0.25, 0.3) is 11.6 Å². The maximum atomic E-state index is 14.9. The summed E-state index contributed by atoms with van der Waals surface area (Å²) in [6, 6.07) is 8.32. The van der Waals surface area contributed by atoms with Gasteiger partial charge in [-0.15, -0.1) is 10.2 Å². The minimum Gasteiger partial charge on any atom is -0.444 e.